The Balaban J connectivity index is 1.63. The normalized spacial score (nSPS) is 11.8. The molecule has 7 nitrogen and oxygen atoms in total. The van der Waals surface area contributed by atoms with E-state index in [-0.39, 0.29) is 6.61 Å². The topological polar surface area (TPSA) is 91.0 Å². The lowest BCUT2D eigenvalue weighted by Crippen LogP contribution is -2.26. The number of carboxylic acids is 1. The number of aryl methyl sites for hydroxylation is 1. The molecule has 1 atom stereocenters. The van der Waals surface area contributed by atoms with E-state index in [4.69, 9.17) is 18.6 Å². The van der Waals surface area contributed by atoms with E-state index in [1.165, 1.54) is 0 Å². The molecule has 1 aromatic heterocycles. The summed E-state index contributed by atoms with van der Waals surface area (Å²) in [5, 5.41) is 9.26. The fourth-order valence-corrected chi connectivity index (χ4v) is 3.02. The van der Waals surface area contributed by atoms with Crippen molar-refractivity contribution < 1.29 is 28.5 Å². The number of carboxylic acid groups (broad SMARTS) is 1. The molecule has 0 saturated heterocycles. The number of nitrogens with zero attached hydrogens (tertiary/aromatic N) is 1. The van der Waals surface area contributed by atoms with Crippen LogP contribution in [0.3, 0.4) is 0 Å². The number of rotatable bonds is 10. The summed E-state index contributed by atoms with van der Waals surface area (Å²) in [6, 6.07) is 13.0. The number of aliphatic carboxylic acids is 1. The number of methoxy groups -OCH3 is 1. The van der Waals surface area contributed by atoms with Crippen molar-refractivity contribution in [3.05, 3.63) is 65.5 Å². The highest BCUT2D eigenvalue weighted by molar-refractivity contribution is 5.72. The summed E-state index contributed by atoms with van der Waals surface area (Å²) in [7, 11) is 1.61. The average molecular weight is 411 g/mol. The minimum Gasteiger partial charge on any atom is -0.497 e. The van der Waals surface area contributed by atoms with Crippen LogP contribution in [-0.4, -0.2) is 35.9 Å². The smallest absolute Gasteiger partial charge is 0.333 e. The zero-order chi connectivity index (χ0) is 21.5. The molecule has 0 aliphatic rings. The minimum atomic E-state index is -0.963. The molecule has 0 fully saturated rings. The molecule has 0 saturated carbocycles. The summed E-state index contributed by atoms with van der Waals surface area (Å²) >= 11 is 0. The van der Waals surface area contributed by atoms with E-state index in [2.05, 4.69) is 4.98 Å². The maximum atomic E-state index is 11.3. The van der Waals surface area contributed by atoms with Crippen LogP contribution in [0.5, 0.6) is 11.5 Å². The first-order chi connectivity index (χ1) is 14.5. The molecule has 3 aromatic rings. The summed E-state index contributed by atoms with van der Waals surface area (Å²) in [4.78, 5) is 15.8. The minimum absolute atomic E-state index is 0.253. The molecule has 7 heteroatoms. The standard InChI is InChI=1S/C23H25NO6/c1-4-28-21(23(25)26)12-16-8-9-20(10-15(16)2)29-13-18-14-30-22(24-18)17-6-5-7-19(11-17)27-3/h5-11,14,21H,4,12-13H2,1-3H3,(H,25,26)/t21-/m0/s1. The predicted molar refractivity (Wildman–Crippen MR) is 111 cm³/mol. The third kappa shape index (κ3) is 5.39. The predicted octanol–water partition coefficient (Wildman–Crippen LogP) is 4.27. The Morgan fingerprint density at radius 2 is 2.03 bits per heavy atom. The average Bonchev–Trinajstić information content (AvgIpc) is 3.22. The number of aromatic nitrogens is 1. The number of hydrogen-bond acceptors (Lipinski definition) is 6. The van der Waals surface area contributed by atoms with E-state index in [0.717, 1.165) is 22.4 Å². The van der Waals surface area contributed by atoms with Crippen LogP contribution < -0.4 is 9.47 Å². The molecule has 1 heterocycles. The second kappa shape index (κ2) is 9.93. The quantitative estimate of drug-likeness (QED) is 0.533. The molecule has 3 rings (SSSR count). The van der Waals surface area contributed by atoms with Crippen LogP contribution in [0.4, 0.5) is 0 Å². The molecule has 0 aliphatic heterocycles. The van der Waals surface area contributed by atoms with Crippen LogP contribution in [0.2, 0.25) is 0 Å². The highest BCUT2D eigenvalue weighted by Crippen LogP contribution is 2.24. The Bertz CT molecular complexity index is 997. The van der Waals surface area contributed by atoms with Crippen molar-refractivity contribution in [2.24, 2.45) is 0 Å². The Labute approximate surface area is 175 Å². The molecule has 1 N–H and O–H groups in total. The fraction of sp³-hybridized carbons (Fsp3) is 0.304. The van der Waals surface area contributed by atoms with E-state index in [0.29, 0.717) is 30.4 Å². The van der Waals surface area contributed by atoms with Crippen LogP contribution in [0.25, 0.3) is 11.5 Å². The molecular weight excluding hydrogens is 386 g/mol. The molecule has 0 unspecified atom stereocenters. The summed E-state index contributed by atoms with van der Waals surface area (Å²) in [5.41, 5.74) is 3.33. The zero-order valence-electron chi connectivity index (χ0n) is 17.3. The van der Waals surface area contributed by atoms with Crippen molar-refractivity contribution in [2.75, 3.05) is 13.7 Å². The fourth-order valence-electron chi connectivity index (χ4n) is 3.02. The van der Waals surface area contributed by atoms with Crippen molar-refractivity contribution in [3.63, 3.8) is 0 Å². The maximum Gasteiger partial charge on any atom is 0.333 e. The van der Waals surface area contributed by atoms with Gasteiger partial charge in [0.15, 0.2) is 6.10 Å². The van der Waals surface area contributed by atoms with Gasteiger partial charge in [0.1, 0.15) is 30.1 Å². The van der Waals surface area contributed by atoms with Crippen molar-refractivity contribution >= 4 is 5.97 Å². The molecule has 0 amide bonds. The Kier molecular flexibility index (Phi) is 7.08. The summed E-state index contributed by atoms with van der Waals surface area (Å²) in [6.07, 6.45) is 1.02. The lowest BCUT2D eigenvalue weighted by Gasteiger charge is -2.15. The Hall–Kier alpha value is -3.32. The van der Waals surface area contributed by atoms with E-state index in [9.17, 15) is 9.90 Å². The first-order valence-electron chi connectivity index (χ1n) is 9.65. The summed E-state index contributed by atoms with van der Waals surface area (Å²) in [6.45, 7) is 4.31. The van der Waals surface area contributed by atoms with E-state index < -0.39 is 12.1 Å². The van der Waals surface area contributed by atoms with Gasteiger partial charge in [-0.2, -0.15) is 0 Å². The van der Waals surface area contributed by atoms with Crippen molar-refractivity contribution in [3.8, 4) is 23.0 Å². The van der Waals surface area contributed by atoms with Crippen molar-refractivity contribution in [2.45, 2.75) is 33.0 Å². The monoisotopic (exact) mass is 411 g/mol. The van der Waals surface area contributed by atoms with Crippen molar-refractivity contribution in [1.82, 2.24) is 4.98 Å². The molecule has 0 radical (unpaired) electrons. The van der Waals surface area contributed by atoms with Gasteiger partial charge in [-0.25, -0.2) is 9.78 Å². The second-order valence-corrected chi connectivity index (χ2v) is 6.74. The first kappa shape index (κ1) is 21.4. The molecule has 30 heavy (non-hydrogen) atoms. The number of hydrogen-bond donors (Lipinski definition) is 1. The number of benzene rings is 2. The van der Waals surface area contributed by atoms with Gasteiger partial charge in [0.05, 0.1) is 7.11 Å². The van der Waals surface area contributed by atoms with Crippen LogP contribution in [-0.2, 0) is 22.6 Å². The highest BCUT2D eigenvalue weighted by atomic mass is 16.5. The third-order valence-corrected chi connectivity index (χ3v) is 4.62. The van der Waals surface area contributed by atoms with E-state index in [1.54, 1.807) is 20.3 Å². The number of oxazole rings is 1. The molecular formula is C23H25NO6. The van der Waals surface area contributed by atoms with Crippen LogP contribution >= 0.6 is 0 Å². The highest BCUT2D eigenvalue weighted by Gasteiger charge is 2.19. The van der Waals surface area contributed by atoms with Crippen LogP contribution in [0, 0.1) is 6.92 Å². The van der Waals surface area contributed by atoms with Gasteiger partial charge in [0.2, 0.25) is 5.89 Å². The Morgan fingerprint density at radius 3 is 2.73 bits per heavy atom. The first-order valence-corrected chi connectivity index (χ1v) is 9.65. The van der Waals surface area contributed by atoms with Gasteiger partial charge in [-0.1, -0.05) is 12.1 Å². The van der Waals surface area contributed by atoms with Gasteiger partial charge in [0, 0.05) is 18.6 Å². The zero-order valence-corrected chi connectivity index (χ0v) is 17.3. The molecule has 0 aliphatic carbocycles. The molecule has 158 valence electrons. The molecule has 2 aromatic carbocycles. The summed E-state index contributed by atoms with van der Waals surface area (Å²) < 4.78 is 21.9. The van der Waals surface area contributed by atoms with Crippen LogP contribution in [0.1, 0.15) is 23.7 Å². The van der Waals surface area contributed by atoms with Gasteiger partial charge in [-0.15, -0.1) is 0 Å². The van der Waals surface area contributed by atoms with Crippen LogP contribution in [0.15, 0.2) is 53.1 Å². The van der Waals surface area contributed by atoms with Crippen molar-refractivity contribution in [1.29, 1.82) is 0 Å². The largest absolute Gasteiger partial charge is 0.497 e. The maximum absolute atomic E-state index is 11.3. The molecule has 0 spiro atoms. The van der Waals surface area contributed by atoms with Gasteiger partial charge in [0.25, 0.3) is 0 Å². The third-order valence-electron chi connectivity index (χ3n) is 4.62. The lowest BCUT2D eigenvalue weighted by molar-refractivity contribution is -0.149. The number of ether oxygens (including phenoxy) is 3. The van der Waals surface area contributed by atoms with Gasteiger partial charge in [-0.05, 0) is 55.3 Å². The Morgan fingerprint density at radius 1 is 1.20 bits per heavy atom. The van der Waals surface area contributed by atoms with Gasteiger partial charge < -0.3 is 23.7 Å². The second-order valence-electron chi connectivity index (χ2n) is 6.74. The van der Waals surface area contributed by atoms with E-state index >= 15 is 0 Å². The van der Waals surface area contributed by atoms with E-state index in [1.807, 2.05) is 49.4 Å². The SMILES string of the molecule is CCO[C@@H](Cc1ccc(OCc2coc(-c3cccc(OC)c3)n2)cc1C)C(=O)O. The van der Waals surface area contributed by atoms with Gasteiger partial charge >= 0.3 is 5.97 Å². The summed E-state index contributed by atoms with van der Waals surface area (Å²) in [5.74, 6) is 0.933. The van der Waals surface area contributed by atoms with Gasteiger partial charge in [-0.3, -0.25) is 0 Å². The number of carbonyl (C=O) groups is 1. The molecule has 0 bridgehead atoms. The lowest BCUT2D eigenvalue weighted by atomic mass is 10.0.